The van der Waals surface area contributed by atoms with Gasteiger partial charge in [0, 0.05) is 35.5 Å². The van der Waals surface area contributed by atoms with Gasteiger partial charge in [-0.3, -0.25) is 4.98 Å². The Balaban J connectivity index is 1.86. The van der Waals surface area contributed by atoms with Crippen molar-refractivity contribution < 1.29 is 17.9 Å². The van der Waals surface area contributed by atoms with Crippen molar-refractivity contribution in [2.75, 3.05) is 31.0 Å². The van der Waals surface area contributed by atoms with Gasteiger partial charge in [-0.15, -0.1) is 0 Å². The van der Waals surface area contributed by atoms with E-state index in [9.17, 15) is 8.42 Å². The van der Waals surface area contributed by atoms with Crippen molar-refractivity contribution in [2.45, 2.75) is 25.4 Å². The smallest absolute Gasteiger partial charge is 0.183 e. The van der Waals surface area contributed by atoms with E-state index in [2.05, 4.69) is 28.4 Å². The third-order valence-corrected chi connectivity index (χ3v) is 6.14. The number of morpholine rings is 1. The fourth-order valence-electron chi connectivity index (χ4n) is 3.46. The molecule has 0 bridgehead atoms. The molecular formula is C19H22N4O4S. The van der Waals surface area contributed by atoms with E-state index < -0.39 is 9.84 Å². The van der Waals surface area contributed by atoms with Crippen LogP contribution in [-0.2, 0) is 21.0 Å². The normalized spacial score (nSPS) is 21.4. The number of pyridine rings is 1. The Kier molecular flexibility index (Phi) is 4.80. The molecule has 2 atom stereocenters. The minimum atomic E-state index is -3.39. The molecule has 28 heavy (non-hydrogen) atoms. The van der Waals surface area contributed by atoms with Crippen LogP contribution in [0.15, 0.2) is 36.0 Å². The highest BCUT2D eigenvalue weighted by Crippen LogP contribution is 2.39. The molecule has 1 saturated heterocycles. The van der Waals surface area contributed by atoms with Gasteiger partial charge in [-0.1, -0.05) is 6.58 Å². The molecular weight excluding hydrogens is 380 g/mol. The highest BCUT2D eigenvalue weighted by atomic mass is 32.2. The summed E-state index contributed by atoms with van der Waals surface area (Å²) in [7, 11) is -3.39. The quantitative estimate of drug-likeness (QED) is 0.762. The van der Waals surface area contributed by atoms with Gasteiger partial charge in [0.15, 0.2) is 27.2 Å². The minimum absolute atomic E-state index is 0.0578. The fourth-order valence-corrected chi connectivity index (χ4v) is 3.86. The number of aromatic nitrogens is 3. The van der Waals surface area contributed by atoms with E-state index in [1.807, 2.05) is 12.1 Å². The Morgan fingerprint density at radius 1 is 1.25 bits per heavy atom. The average molecular weight is 402 g/mol. The monoisotopic (exact) mass is 402 g/mol. The number of nitrogens with zero attached hydrogens (tertiary/aromatic N) is 4. The molecule has 4 rings (SSSR count). The molecule has 2 aromatic rings. The number of allylic oxidation sites excluding steroid dienone is 1. The predicted octanol–water partition coefficient (Wildman–Crippen LogP) is 1.63. The third-order valence-electron chi connectivity index (χ3n) is 4.95. The first-order valence-electron chi connectivity index (χ1n) is 9.02. The number of hydrogen-bond donors (Lipinski definition) is 0. The van der Waals surface area contributed by atoms with Crippen LogP contribution in [0.25, 0.3) is 11.4 Å². The minimum Gasteiger partial charge on any atom is -0.486 e. The second kappa shape index (κ2) is 7.14. The molecule has 8 nitrogen and oxygen atoms in total. The van der Waals surface area contributed by atoms with Crippen molar-refractivity contribution in [3.05, 3.63) is 41.7 Å². The first kappa shape index (κ1) is 18.8. The van der Waals surface area contributed by atoms with E-state index in [1.54, 1.807) is 12.4 Å². The maximum Gasteiger partial charge on any atom is 0.183 e. The van der Waals surface area contributed by atoms with Crippen molar-refractivity contribution in [2.24, 2.45) is 0 Å². The van der Waals surface area contributed by atoms with Crippen molar-refractivity contribution in [3.63, 3.8) is 0 Å². The van der Waals surface area contributed by atoms with Crippen LogP contribution in [0.4, 0.5) is 5.82 Å². The highest BCUT2D eigenvalue weighted by Gasteiger charge is 2.38. The van der Waals surface area contributed by atoms with Crippen molar-refractivity contribution in [1.82, 2.24) is 15.0 Å². The van der Waals surface area contributed by atoms with Crippen LogP contribution in [0, 0.1) is 0 Å². The molecule has 0 spiro atoms. The van der Waals surface area contributed by atoms with Gasteiger partial charge >= 0.3 is 0 Å². The average Bonchev–Trinajstić information content (AvgIpc) is 2.67. The third kappa shape index (κ3) is 3.47. The molecule has 1 fully saturated rings. The summed E-state index contributed by atoms with van der Waals surface area (Å²) in [5, 5.41) is 0. The van der Waals surface area contributed by atoms with Crippen LogP contribution in [0.3, 0.4) is 0 Å². The fraction of sp³-hybridized carbons (Fsp3) is 0.421. The zero-order valence-corrected chi connectivity index (χ0v) is 16.6. The summed E-state index contributed by atoms with van der Waals surface area (Å²) in [6.07, 6.45) is 4.56. The van der Waals surface area contributed by atoms with E-state index in [0.717, 1.165) is 11.8 Å². The van der Waals surface area contributed by atoms with Gasteiger partial charge in [0.1, 0.15) is 6.61 Å². The van der Waals surface area contributed by atoms with E-state index in [4.69, 9.17) is 14.5 Å². The molecule has 2 aromatic heterocycles. The summed E-state index contributed by atoms with van der Waals surface area (Å²) >= 11 is 0. The van der Waals surface area contributed by atoms with Gasteiger partial charge < -0.3 is 14.4 Å². The first-order valence-corrected chi connectivity index (χ1v) is 10.9. The summed E-state index contributed by atoms with van der Waals surface area (Å²) in [6, 6.07) is 3.82. The summed E-state index contributed by atoms with van der Waals surface area (Å²) in [6.45, 7) is 7.39. The largest absolute Gasteiger partial charge is 0.486 e. The zero-order valence-electron chi connectivity index (χ0n) is 15.8. The van der Waals surface area contributed by atoms with Crippen LogP contribution in [-0.4, -0.2) is 61.5 Å². The number of hydrogen-bond acceptors (Lipinski definition) is 8. The number of fused-ring (bicyclic) bond motifs is 3. The van der Waals surface area contributed by atoms with Gasteiger partial charge in [-0.25, -0.2) is 18.4 Å². The Bertz CT molecular complexity index is 1010. The number of anilines is 1. The number of ether oxygens (including phenoxy) is 2. The van der Waals surface area contributed by atoms with Gasteiger partial charge in [0.2, 0.25) is 0 Å². The molecule has 2 aliphatic rings. The van der Waals surface area contributed by atoms with Crippen LogP contribution < -0.4 is 9.64 Å². The van der Waals surface area contributed by atoms with Crippen LogP contribution in [0.1, 0.15) is 12.6 Å². The lowest BCUT2D eigenvalue weighted by atomic mass is 10.1. The number of sulfone groups is 1. The van der Waals surface area contributed by atoms with Crippen LogP contribution >= 0.6 is 0 Å². The maximum absolute atomic E-state index is 11.9. The standard InChI is InChI=1S/C19H22N4O4S/c1-12-9-26-10-15-11-27-17-16(8-13(2)28(3,24)25)21-18(22-19(17)23(12)15)14-4-6-20-7-5-14/h4-7,12,15H,2,8-11H2,1,3H3. The van der Waals surface area contributed by atoms with E-state index >= 15 is 0 Å². The second-order valence-electron chi connectivity index (χ2n) is 7.13. The molecule has 0 N–H and O–H groups in total. The molecule has 0 aromatic carbocycles. The molecule has 0 saturated carbocycles. The molecule has 9 heteroatoms. The van der Waals surface area contributed by atoms with Crippen LogP contribution in [0.2, 0.25) is 0 Å². The molecule has 0 aliphatic carbocycles. The van der Waals surface area contributed by atoms with E-state index in [0.29, 0.717) is 42.9 Å². The van der Waals surface area contributed by atoms with Crippen molar-refractivity contribution >= 4 is 15.7 Å². The lowest BCUT2D eigenvalue weighted by Gasteiger charge is -2.44. The summed E-state index contributed by atoms with van der Waals surface area (Å²) in [5.74, 6) is 1.69. The van der Waals surface area contributed by atoms with Gasteiger partial charge in [-0.05, 0) is 19.1 Å². The molecule has 4 heterocycles. The lowest BCUT2D eigenvalue weighted by Crippen LogP contribution is -2.56. The summed E-state index contributed by atoms with van der Waals surface area (Å²) < 4.78 is 35.5. The molecule has 2 aliphatic heterocycles. The second-order valence-corrected chi connectivity index (χ2v) is 9.25. The topological polar surface area (TPSA) is 94.5 Å². The van der Waals surface area contributed by atoms with Gasteiger partial charge in [0.25, 0.3) is 0 Å². The Labute approximate surface area is 164 Å². The molecule has 0 radical (unpaired) electrons. The highest BCUT2D eigenvalue weighted by molar-refractivity contribution is 7.94. The summed E-state index contributed by atoms with van der Waals surface area (Å²) in [5.41, 5.74) is 1.32. The number of rotatable bonds is 4. The SMILES string of the molecule is C=C(Cc1nc(-c2ccncc2)nc2c1OCC1COCC(C)N21)S(C)(=O)=O. The van der Waals surface area contributed by atoms with E-state index in [-0.39, 0.29) is 23.4 Å². The van der Waals surface area contributed by atoms with Gasteiger partial charge in [-0.2, -0.15) is 0 Å². The maximum atomic E-state index is 11.9. The summed E-state index contributed by atoms with van der Waals surface area (Å²) in [4.78, 5) is 15.7. The molecule has 148 valence electrons. The van der Waals surface area contributed by atoms with Crippen molar-refractivity contribution in [3.8, 4) is 17.1 Å². The van der Waals surface area contributed by atoms with E-state index in [1.165, 1.54) is 0 Å². The van der Waals surface area contributed by atoms with Gasteiger partial charge in [0.05, 0.1) is 31.0 Å². The lowest BCUT2D eigenvalue weighted by molar-refractivity contribution is 0.0484. The molecule has 2 unspecified atom stereocenters. The molecule has 0 amide bonds. The van der Waals surface area contributed by atoms with Crippen LogP contribution in [0.5, 0.6) is 5.75 Å². The Morgan fingerprint density at radius 3 is 2.71 bits per heavy atom. The first-order chi connectivity index (χ1) is 13.3. The predicted molar refractivity (Wildman–Crippen MR) is 105 cm³/mol. The Hall–Kier alpha value is -2.52. The Morgan fingerprint density at radius 2 is 2.00 bits per heavy atom. The van der Waals surface area contributed by atoms with Crippen molar-refractivity contribution in [1.29, 1.82) is 0 Å². The zero-order chi connectivity index (χ0) is 19.9.